The third kappa shape index (κ3) is 3.38. The maximum Gasteiger partial charge on any atom is 0.149 e. The van der Waals surface area contributed by atoms with Gasteiger partial charge < -0.3 is 5.11 Å². The summed E-state index contributed by atoms with van der Waals surface area (Å²) in [6.07, 6.45) is 8.59. The third-order valence-electron chi connectivity index (χ3n) is 5.36. The number of aliphatic hydroxyl groups is 1. The van der Waals surface area contributed by atoms with Gasteiger partial charge in [0, 0.05) is 0 Å². The maximum absolute atomic E-state index is 11.3. The number of rotatable bonds is 4. The zero-order valence-corrected chi connectivity index (χ0v) is 18.3. The van der Waals surface area contributed by atoms with Gasteiger partial charge in [0.25, 0.3) is 0 Å². The summed E-state index contributed by atoms with van der Waals surface area (Å²) in [5.74, 6) is 0. The van der Waals surface area contributed by atoms with Crippen molar-refractivity contribution in [1.29, 1.82) is 0 Å². The molecule has 0 spiro atoms. The summed E-state index contributed by atoms with van der Waals surface area (Å²) in [4.78, 5) is -0.735. The molecule has 1 aliphatic heterocycles. The predicted octanol–water partition coefficient (Wildman–Crippen LogP) is 6.58. The Morgan fingerprint density at radius 2 is 1.38 bits per heavy atom. The van der Waals surface area contributed by atoms with E-state index in [1.165, 1.54) is 5.57 Å². The molecule has 1 fully saturated rings. The predicted molar refractivity (Wildman–Crippen MR) is 108 cm³/mol. The van der Waals surface area contributed by atoms with Crippen molar-refractivity contribution < 1.29 is 5.11 Å². The number of fused-ring (bicyclic) bond motifs is 1. The van der Waals surface area contributed by atoms with Crippen molar-refractivity contribution in [2.24, 2.45) is 21.7 Å². The average molecular weight is 351 g/mol. The maximum atomic E-state index is 11.3. The van der Waals surface area contributed by atoms with Crippen molar-refractivity contribution in [3.8, 4) is 0 Å². The van der Waals surface area contributed by atoms with Crippen molar-refractivity contribution in [2.45, 2.75) is 91.8 Å². The van der Waals surface area contributed by atoms with Crippen LogP contribution in [0.25, 0.3) is 0 Å². The van der Waals surface area contributed by atoms with Crippen LogP contribution >= 0.6 is 11.8 Å². The highest BCUT2D eigenvalue weighted by Crippen LogP contribution is 2.78. The van der Waals surface area contributed by atoms with Crippen LogP contribution in [0.5, 0.6) is 0 Å². The van der Waals surface area contributed by atoms with E-state index < -0.39 is 4.93 Å². The largest absolute Gasteiger partial charge is 0.374 e. The van der Waals surface area contributed by atoms with Crippen LogP contribution in [0.15, 0.2) is 23.8 Å². The van der Waals surface area contributed by atoms with E-state index in [2.05, 4.69) is 81.4 Å². The summed E-state index contributed by atoms with van der Waals surface area (Å²) >= 11 is 1.76. The Labute approximate surface area is 154 Å². The molecule has 0 saturated carbocycles. The van der Waals surface area contributed by atoms with Crippen LogP contribution in [0.4, 0.5) is 0 Å². The van der Waals surface area contributed by atoms with Gasteiger partial charge in [-0.2, -0.15) is 0 Å². The Bertz CT molecular complexity index is 568. The Morgan fingerprint density at radius 1 is 0.875 bits per heavy atom. The summed E-state index contributed by atoms with van der Waals surface area (Å²) in [7, 11) is 0. The van der Waals surface area contributed by atoms with Gasteiger partial charge in [-0.05, 0) is 46.2 Å². The fourth-order valence-corrected chi connectivity index (χ4v) is 7.38. The third-order valence-corrected chi connectivity index (χ3v) is 7.30. The molecule has 2 heteroatoms. The van der Waals surface area contributed by atoms with E-state index in [9.17, 15) is 5.11 Å². The molecule has 1 heterocycles. The fraction of sp³-hybridized carbons (Fsp3) is 0.818. The molecule has 2 atom stereocenters. The topological polar surface area (TPSA) is 20.2 Å². The molecule has 2 unspecified atom stereocenters. The molecular weight excluding hydrogens is 312 g/mol. The van der Waals surface area contributed by atoms with Crippen LogP contribution in [-0.2, 0) is 0 Å². The molecule has 0 amide bonds. The minimum Gasteiger partial charge on any atom is -0.374 e. The van der Waals surface area contributed by atoms with Crippen molar-refractivity contribution >= 4 is 11.8 Å². The van der Waals surface area contributed by atoms with Crippen LogP contribution < -0.4 is 0 Å². The second-order valence-corrected chi connectivity index (χ2v) is 13.1. The summed E-state index contributed by atoms with van der Waals surface area (Å²) in [5.41, 5.74) is 2.02. The highest BCUT2D eigenvalue weighted by Gasteiger charge is 2.77. The average Bonchev–Trinajstić information content (AvgIpc) is 2.89. The van der Waals surface area contributed by atoms with E-state index in [-0.39, 0.29) is 26.4 Å². The summed E-state index contributed by atoms with van der Waals surface area (Å²) in [6, 6.07) is 0. The Kier molecular flexibility index (Phi) is 4.52. The monoisotopic (exact) mass is 350 g/mol. The van der Waals surface area contributed by atoms with E-state index in [0.717, 1.165) is 12.8 Å². The Balaban J connectivity index is 2.48. The summed E-state index contributed by atoms with van der Waals surface area (Å²) < 4.78 is -0.198. The highest BCUT2D eigenvalue weighted by molar-refractivity contribution is 8.10. The molecule has 0 bridgehead atoms. The molecule has 138 valence electrons. The van der Waals surface area contributed by atoms with E-state index in [1.54, 1.807) is 11.8 Å². The van der Waals surface area contributed by atoms with Gasteiger partial charge in [-0.15, -0.1) is 11.8 Å². The fourth-order valence-electron chi connectivity index (χ4n) is 5.56. The lowest BCUT2D eigenvalue weighted by atomic mass is 9.57. The minimum absolute atomic E-state index is 0.0242. The van der Waals surface area contributed by atoms with E-state index in [4.69, 9.17) is 0 Å². The lowest BCUT2D eigenvalue weighted by molar-refractivity contribution is 0.0842. The first-order chi connectivity index (χ1) is 10.5. The Morgan fingerprint density at radius 3 is 1.83 bits per heavy atom. The molecule has 0 aromatic heterocycles. The second-order valence-electron chi connectivity index (χ2n) is 11.7. The van der Waals surface area contributed by atoms with E-state index >= 15 is 0 Å². The first-order valence-corrected chi connectivity index (χ1v) is 10.1. The molecular formula is C22H38OS. The molecule has 24 heavy (non-hydrogen) atoms. The lowest BCUT2D eigenvalue weighted by Crippen LogP contribution is -2.47. The molecule has 1 N–H and O–H groups in total. The van der Waals surface area contributed by atoms with Gasteiger partial charge in [0.05, 0.1) is 4.75 Å². The molecule has 2 rings (SSSR count). The number of thioether (sulfide) groups is 1. The summed E-state index contributed by atoms with van der Waals surface area (Å²) in [5, 5.41) is 11.3. The van der Waals surface area contributed by atoms with Crippen LogP contribution in [-0.4, -0.2) is 14.8 Å². The van der Waals surface area contributed by atoms with Gasteiger partial charge in [0.2, 0.25) is 0 Å². The Hall–Kier alpha value is -0.210. The van der Waals surface area contributed by atoms with Gasteiger partial charge in [-0.1, -0.05) is 81.4 Å². The van der Waals surface area contributed by atoms with Gasteiger partial charge >= 0.3 is 0 Å². The first kappa shape index (κ1) is 20.1. The number of hydrogen-bond acceptors (Lipinski definition) is 2. The normalized spacial score (nSPS) is 30.9. The van der Waals surface area contributed by atoms with Gasteiger partial charge in [0.15, 0.2) is 0 Å². The van der Waals surface area contributed by atoms with E-state index in [0.29, 0.717) is 0 Å². The summed E-state index contributed by atoms with van der Waals surface area (Å²) in [6.45, 7) is 23.3. The van der Waals surface area contributed by atoms with Crippen LogP contribution in [0, 0.1) is 21.7 Å². The molecule has 0 aromatic rings. The SMILES string of the molecule is CC(C)(C)CC(C)(C)C1=CC=CC2(O)SC12C(C)(C)CC(C)(C)C. The zero-order valence-electron chi connectivity index (χ0n) is 17.5. The van der Waals surface area contributed by atoms with Crippen molar-refractivity contribution in [1.82, 2.24) is 0 Å². The quantitative estimate of drug-likeness (QED) is 0.578. The second kappa shape index (κ2) is 5.39. The van der Waals surface area contributed by atoms with Gasteiger partial charge in [-0.3, -0.25) is 0 Å². The van der Waals surface area contributed by atoms with Gasteiger partial charge in [-0.25, -0.2) is 0 Å². The standard InChI is InChI=1S/C22H38OS/c1-17(2,3)14-19(7,8)16-12-11-13-21(23)22(16,24-21)20(9,10)15-18(4,5)6/h11-13,23H,14-15H2,1-10H3. The molecule has 2 aliphatic rings. The van der Waals surface area contributed by atoms with E-state index in [1.807, 2.05) is 6.08 Å². The highest BCUT2D eigenvalue weighted by atomic mass is 32.2. The minimum atomic E-state index is -0.735. The van der Waals surface area contributed by atoms with Crippen molar-refractivity contribution in [2.75, 3.05) is 0 Å². The van der Waals surface area contributed by atoms with Crippen LogP contribution in [0.3, 0.4) is 0 Å². The molecule has 0 aromatic carbocycles. The molecule has 1 saturated heterocycles. The van der Waals surface area contributed by atoms with Gasteiger partial charge in [0.1, 0.15) is 4.93 Å². The smallest absolute Gasteiger partial charge is 0.149 e. The zero-order chi connectivity index (χ0) is 18.8. The van der Waals surface area contributed by atoms with Crippen LogP contribution in [0.1, 0.15) is 82.1 Å². The lowest BCUT2D eigenvalue weighted by Gasteiger charge is -2.47. The van der Waals surface area contributed by atoms with Crippen molar-refractivity contribution in [3.05, 3.63) is 23.8 Å². The van der Waals surface area contributed by atoms with Crippen LogP contribution in [0.2, 0.25) is 0 Å². The molecule has 0 radical (unpaired) electrons. The molecule has 1 nitrogen and oxygen atoms in total. The first-order valence-electron chi connectivity index (χ1n) is 9.29. The van der Waals surface area contributed by atoms with Crippen molar-refractivity contribution in [3.63, 3.8) is 0 Å². The number of allylic oxidation sites excluding steroid dienone is 2. The molecule has 1 aliphatic carbocycles. The number of hydrogen-bond donors (Lipinski definition) is 1.